The average Bonchev–Trinajstić information content (AvgIpc) is 2.92. The maximum atomic E-state index is 11.5. The molecule has 1 aromatic heterocycles. The zero-order chi connectivity index (χ0) is 12.3. The number of hydrogen-bond acceptors (Lipinski definition) is 4. The fourth-order valence-corrected chi connectivity index (χ4v) is 2.24. The van der Waals surface area contributed by atoms with Gasteiger partial charge in [0.2, 0.25) is 0 Å². The third-order valence-electron chi connectivity index (χ3n) is 3.20. The highest BCUT2D eigenvalue weighted by molar-refractivity contribution is 5.82. The first kappa shape index (κ1) is 11.3. The Bertz CT molecular complexity index is 518. The maximum absolute atomic E-state index is 11.5. The molecule has 1 aliphatic rings. The molecule has 0 radical (unpaired) electrons. The number of nitriles is 2. The van der Waals surface area contributed by atoms with E-state index >= 15 is 0 Å². The molecule has 0 aliphatic heterocycles. The standard InChI is InChI=1S/C12H12N4O/c13-6-10-11(7-14)16(8-15-10)5-4-9-2-1-3-12(9)17/h8-9H,1-5H2. The van der Waals surface area contributed by atoms with Gasteiger partial charge in [-0.05, 0) is 19.3 Å². The number of hydrogen-bond donors (Lipinski definition) is 0. The molecule has 2 rings (SSSR count). The van der Waals surface area contributed by atoms with Gasteiger partial charge in [-0.2, -0.15) is 10.5 Å². The summed E-state index contributed by atoms with van der Waals surface area (Å²) in [6.45, 7) is 0.577. The molecule has 1 aliphatic carbocycles. The largest absolute Gasteiger partial charge is 0.321 e. The van der Waals surface area contributed by atoms with Gasteiger partial charge in [-0.3, -0.25) is 4.79 Å². The molecule has 0 bridgehead atoms. The lowest BCUT2D eigenvalue weighted by molar-refractivity contribution is -0.120. The number of nitrogens with zero attached hydrogens (tertiary/aromatic N) is 4. The van der Waals surface area contributed by atoms with Gasteiger partial charge >= 0.3 is 0 Å². The van der Waals surface area contributed by atoms with Crippen LogP contribution in [0.3, 0.4) is 0 Å². The maximum Gasteiger partial charge on any atom is 0.176 e. The van der Waals surface area contributed by atoms with E-state index < -0.39 is 0 Å². The second-order valence-corrected chi connectivity index (χ2v) is 4.20. The molecule has 1 heterocycles. The van der Waals surface area contributed by atoms with Gasteiger partial charge in [0, 0.05) is 18.9 Å². The molecule has 0 amide bonds. The fraction of sp³-hybridized carbons (Fsp3) is 0.500. The van der Waals surface area contributed by atoms with Crippen molar-refractivity contribution in [3.63, 3.8) is 0 Å². The highest BCUT2D eigenvalue weighted by Crippen LogP contribution is 2.25. The van der Waals surface area contributed by atoms with Crippen molar-refractivity contribution in [3.8, 4) is 12.1 Å². The molecule has 1 atom stereocenters. The number of carbonyl (C=O) groups excluding carboxylic acids is 1. The number of aromatic nitrogens is 2. The normalized spacial score (nSPS) is 18.9. The first-order valence-corrected chi connectivity index (χ1v) is 5.64. The van der Waals surface area contributed by atoms with Crippen molar-refractivity contribution in [2.75, 3.05) is 0 Å². The Morgan fingerprint density at radius 3 is 2.88 bits per heavy atom. The van der Waals surface area contributed by atoms with E-state index in [4.69, 9.17) is 10.5 Å². The van der Waals surface area contributed by atoms with Crippen molar-refractivity contribution in [3.05, 3.63) is 17.7 Å². The van der Waals surface area contributed by atoms with Crippen molar-refractivity contribution in [2.24, 2.45) is 5.92 Å². The summed E-state index contributed by atoms with van der Waals surface area (Å²) < 4.78 is 1.66. The molecule has 5 nitrogen and oxygen atoms in total. The molecule has 5 heteroatoms. The lowest BCUT2D eigenvalue weighted by atomic mass is 10.0. The Labute approximate surface area is 99.3 Å². The molecule has 0 saturated heterocycles. The number of imidazole rings is 1. The van der Waals surface area contributed by atoms with E-state index in [2.05, 4.69) is 4.98 Å². The smallest absolute Gasteiger partial charge is 0.176 e. The van der Waals surface area contributed by atoms with Crippen LogP contribution < -0.4 is 0 Å². The minimum atomic E-state index is 0.120. The molecule has 17 heavy (non-hydrogen) atoms. The zero-order valence-corrected chi connectivity index (χ0v) is 9.39. The van der Waals surface area contributed by atoms with Crippen molar-refractivity contribution < 1.29 is 4.79 Å². The van der Waals surface area contributed by atoms with Gasteiger partial charge in [0.05, 0.1) is 6.33 Å². The van der Waals surface area contributed by atoms with Crippen LogP contribution in [0.1, 0.15) is 37.1 Å². The quantitative estimate of drug-likeness (QED) is 0.782. The molecule has 1 saturated carbocycles. The van der Waals surface area contributed by atoms with Crippen LogP contribution in [0.25, 0.3) is 0 Å². The summed E-state index contributed by atoms with van der Waals surface area (Å²) in [5.41, 5.74) is 0.447. The summed E-state index contributed by atoms with van der Waals surface area (Å²) in [5.74, 6) is 0.443. The van der Waals surface area contributed by atoms with E-state index in [-0.39, 0.29) is 17.3 Å². The van der Waals surface area contributed by atoms with Gasteiger partial charge in [-0.25, -0.2) is 4.98 Å². The second-order valence-electron chi connectivity index (χ2n) is 4.20. The van der Waals surface area contributed by atoms with Crippen molar-refractivity contribution >= 4 is 5.78 Å². The number of aryl methyl sites for hydroxylation is 1. The van der Waals surface area contributed by atoms with Gasteiger partial charge in [0.25, 0.3) is 0 Å². The Balaban J connectivity index is 2.05. The van der Waals surface area contributed by atoms with Crippen LogP contribution in [-0.4, -0.2) is 15.3 Å². The first-order chi connectivity index (χ1) is 8.26. The average molecular weight is 228 g/mol. The van der Waals surface area contributed by atoms with Crippen molar-refractivity contribution in [1.29, 1.82) is 10.5 Å². The number of Topliss-reactive ketones (excluding diaryl/α,β-unsaturated/α-hetero) is 1. The minimum absolute atomic E-state index is 0.120. The number of ketones is 1. The first-order valence-electron chi connectivity index (χ1n) is 5.64. The summed E-state index contributed by atoms with van der Waals surface area (Å²) in [7, 11) is 0. The fourth-order valence-electron chi connectivity index (χ4n) is 2.24. The molecule has 0 aromatic carbocycles. The Kier molecular flexibility index (Phi) is 3.20. The van der Waals surface area contributed by atoms with Crippen molar-refractivity contribution in [2.45, 2.75) is 32.2 Å². The highest BCUT2D eigenvalue weighted by Gasteiger charge is 2.24. The zero-order valence-electron chi connectivity index (χ0n) is 9.39. The van der Waals surface area contributed by atoms with Gasteiger partial charge in [0.1, 0.15) is 17.9 Å². The molecule has 1 unspecified atom stereocenters. The minimum Gasteiger partial charge on any atom is -0.321 e. The summed E-state index contributed by atoms with van der Waals surface area (Å²) >= 11 is 0. The summed E-state index contributed by atoms with van der Waals surface area (Å²) in [5, 5.41) is 17.7. The number of rotatable bonds is 3. The topological polar surface area (TPSA) is 82.5 Å². The molecular formula is C12H12N4O. The Morgan fingerprint density at radius 2 is 2.29 bits per heavy atom. The number of carbonyl (C=O) groups is 1. The van der Waals surface area contributed by atoms with E-state index in [1.54, 1.807) is 4.57 Å². The van der Waals surface area contributed by atoms with Crippen LogP contribution >= 0.6 is 0 Å². The predicted molar refractivity (Wildman–Crippen MR) is 58.6 cm³/mol. The SMILES string of the molecule is N#Cc1ncn(CCC2CCCC2=O)c1C#N. The third-order valence-corrected chi connectivity index (χ3v) is 3.20. The van der Waals surface area contributed by atoms with E-state index in [0.29, 0.717) is 18.7 Å². The monoisotopic (exact) mass is 228 g/mol. The van der Waals surface area contributed by atoms with Crippen LogP contribution in [-0.2, 0) is 11.3 Å². The van der Waals surface area contributed by atoms with E-state index in [1.807, 2.05) is 12.1 Å². The van der Waals surface area contributed by atoms with Crippen LogP contribution in [0.15, 0.2) is 6.33 Å². The van der Waals surface area contributed by atoms with Gasteiger partial charge in [-0.15, -0.1) is 0 Å². The van der Waals surface area contributed by atoms with Gasteiger partial charge in [-0.1, -0.05) is 0 Å². The Morgan fingerprint density at radius 1 is 1.47 bits per heavy atom. The van der Waals surface area contributed by atoms with Crippen LogP contribution in [0.4, 0.5) is 0 Å². The summed E-state index contributed by atoms with van der Waals surface area (Å²) in [4.78, 5) is 15.3. The van der Waals surface area contributed by atoms with E-state index in [1.165, 1.54) is 6.33 Å². The molecule has 0 N–H and O–H groups in total. The molecule has 86 valence electrons. The lowest BCUT2D eigenvalue weighted by Gasteiger charge is -2.08. The molecule has 0 spiro atoms. The van der Waals surface area contributed by atoms with E-state index in [0.717, 1.165) is 19.3 Å². The van der Waals surface area contributed by atoms with Gasteiger partial charge < -0.3 is 4.57 Å². The predicted octanol–water partition coefficient (Wildman–Crippen LogP) is 1.39. The Hall–Kier alpha value is -2.14. The van der Waals surface area contributed by atoms with Gasteiger partial charge in [0.15, 0.2) is 11.4 Å². The highest BCUT2D eigenvalue weighted by atomic mass is 16.1. The summed E-state index contributed by atoms with van der Waals surface area (Å²) in [6, 6.07) is 3.86. The molecule has 1 aromatic rings. The van der Waals surface area contributed by atoms with Crippen LogP contribution in [0, 0.1) is 28.6 Å². The third kappa shape index (κ3) is 2.19. The van der Waals surface area contributed by atoms with Crippen LogP contribution in [0.5, 0.6) is 0 Å². The van der Waals surface area contributed by atoms with Crippen LogP contribution in [0.2, 0.25) is 0 Å². The van der Waals surface area contributed by atoms with E-state index in [9.17, 15) is 4.79 Å². The molecular weight excluding hydrogens is 216 g/mol. The second kappa shape index (κ2) is 4.80. The summed E-state index contributed by atoms with van der Waals surface area (Å²) in [6.07, 6.45) is 4.83. The molecule has 1 fully saturated rings. The van der Waals surface area contributed by atoms with Crippen molar-refractivity contribution in [1.82, 2.24) is 9.55 Å². The lowest BCUT2D eigenvalue weighted by Crippen LogP contribution is -2.11.